The number of nitrogens with zero attached hydrogens (tertiary/aromatic N) is 1. The van der Waals surface area contributed by atoms with E-state index < -0.39 is 11.6 Å². The lowest BCUT2D eigenvalue weighted by molar-refractivity contribution is 0.0742. The molecule has 0 aliphatic rings. The van der Waals surface area contributed by atoms with Gasteiger partial charge in [-0.05, 0) is 36.8 Å². The Morgan fingerprint density at radius 3 is 2.30 bits per heavy atom. The number of hydrogen-bond donors (Lipinski definition) is 0. The molecular weight excluding hydrogens is 260 g/mol. The molecule has 2 rings (SSSR count). The molecule has 2 aromatic carbocycles. The third kappa shape index (κ3) is 2.85. The van der Waals surface area contributed by atoms with Gasteiger partial charge in [0, 0.05) is 12.6 Å². The van der Waals surface area contributed by atoms with Crippen LogP contribution in [0, 0.1) is 11.6 Å². The Morgan fingerprint density at radius 1 is 1.05 bits per heavy atom. The number of hydrogen-bond acceptors (Lipinski definition) is 1. The van der Waals surface area contributed by atoms with E-state index in [2.05, 4.69) is 0 Å². The van der Waals surface area contributed by atoms with Crippen LogP contribution in [0.25, 0.3) is 0 Å². The fourth-order valence-corrected chi connectivity index (χ4v) is 1.96. The van der Waals surface area contributed by atoms with Gasteiger partial charge in [0.15, 0.2) is 11.6 Å². The number of halogens is 2. The van der Waals surface area contributed by atoms with Crippen LogP contribution in [0.15, 0.2) is 48.5 Å². The molecule has 4 heteroatoms. The fourth-order valence-electron chi connectivity index (χ4n) is 1.96. The summed E-state index contributed by atoms with van der Waals surface area (Å²) >= 11 is 0. The lowest BCUT2D eigenvalue weighted by atomic mass is 10.1. The fraction of sp³-hybridized carbons (Fsp3) is 0.188. The van der Waals surface area contributed by atoms with Crippen molar-refractivity contribution in [1.29, 1.82) is 0 Å². The van der Waals surface area contributed by atoms with Gasteiger partial charge in [0.05, 0.1) is 6.04 Å². The molecule has 0 aliphatic heterocycles. The number of rotatable bonds is 3. The van der Waals surface area contributed by atoms with Crippen LogP contribution in [-0.4, -0.2) is 17.9 Å². The van der Waals surface area contributed by atoms with Crippen LogP contribution in [0.3, 0.4) is 0 Å². The van der Waals surface area contributed by atoms with E-state index >= 15 is 0 Å². The van der Waals surface area contributed by atoms with Gasteiger partial charge < -0.3 is 4.90 Å². The van der Waals surface area contributed by atoms with Gasteiger partial charge in [-0.3, -0.25) is 4.79 Å². The number of carbonyl (C=O) groups is 1. The minimum absolute atomic E-state index is 0.164. The molecule has 1 unspecified atom stereocenters. The first kappa shape index (κ1) is 14.2. The Balaban J connectivity index is 2.22. The van der Waals surface area contributed by atoms with E-state index in [9.17, 15) is 13.6 Å². The summed E-state index contributed by atoms with van der Waals surface area (Å²) in [5.74, 6) is -1.96. The maximum atomic E-state index is 13.2. The molecule has 0 spiro atoms. The summed E-state index contributed by atoms with van der Waals surface area (Å²) in [4.78, 5) is 13.8. The average molecular weight is 275 g/mol. The van der Waals surface area contributed by atoms with Gasteiger partial charge in [-0.1, -0.05) is 24.3 Å². The summed E-state index contributed by atoms with van der Waals surface area (Å²) in [5.41, 5.74) is 1.11. The Morgan fingerprint density at radius 2 is 1.70 bits per heavy atom. The molecule has 1 amide bonds. The topological polar surface area (TPSA) is 20.3 Å². The zero-order valence-corrected chi connectivity index (χ0v) is 11.3. The smallest absolute Gasteiger partial charge is 0.254 e. The van der Waals surface area contributed by atoms with Crippen LogP contribution in [0.2, 0.25) is 0 Å². The van der Waals surface area contributed by atoms with Gasteiger partial charge in [-0.2, -0.15) is 0 Å². The molecule has 0 saturated heterocycles. The molecule has 0 N–H and O–H groups in total. The molecule has 20 heavy (non-hydrogen) atoms. The van der Waals surface area contributed by atoms with Gasteiger partial charge >= 0.3 is 0 Å². The normalized spacial score (nSPS) is 12.0. The van der Waals surface area contributed by atoms with Gasteiger partial charge in [0.1, 0.15) is 0 Å². The molecule has 104 valence electrons. The summed E-state index contributed by atoms with van der Waals surface area (Å²) < 4.78 is 26.2. The summed E-state index contributed by atoms with van der Waals surface area (Å²) in [6.45, 7) is 1.77. The minimum Gasteiger partial charge on any atom is -0.335 e. The first-order chi connectivity index (χ1) is 9.50. The van der Waals surface area contributed by atoms with Crippen LogP contribution in [0.5, 0.6) is 0 Å². The van der Waals surface area contributed by atoms with Crippen molar-refractivity contribution in [1.82, 2.24) is 4.90 Å². The van der Waals surface area contributed by atoms with Crippen molar-refractivity contribution in [3.8, 4) is 0 Å². The molecule has 0 bridgehead atoms. The highest BCUT2D eigenvalue weighted by Gasteiger charge is 2.19. The van der Waals surface area contributed by atoms with Gasteiger partial charge in [-0.15, -0.1) is 0 Å². The molecule has 0 saturated carbocycles. The molecular formula is C16H15F2NO. The van der Waals surface area contributed by atoms with E-state index in [4.69, 9.17) is 0 Å². The standard InChI is InChI=1S/C16H15F2NO/c1-11(13-8-9-14(17)15(18)10-13)19(2)16(20)12-6-4-3-5-7-12/h3-11H,1-2H3. The number of carbonyl (C=O) groups excluding carboxylic acids is 1. The van der Waals surface area contributed by atoms with Crippen molar-refractivity contribution < 1.29 is 13.6 Å². The highest BCUT2D eigenvalue weighted by atomic mass is 19.2. The summed E-state index contributed by atoms with van der Waals surface area (Å²) in [5, 5.41) is 0. The van der Waals surface area contributed by atoms with Crippen molar-refractivity contribution in [2.24, 2.45) is 0 Å². The van der Waals surface area contributed by atoms with Crippen LogP contribution in [-0.2, 0) is 0 Å². The van der Waals surface area contributed by atoms with Crippen molar-refractivity contribution in [2.45, 2.75) is 13.0 Å². The zero-order chi connectivity index (χ0) is 14.7. The van der Waals surface area contributed by atoms with E-state index in [0.717, 1.165) is 12.1 Å². The quantitative estimate of drug-likeness (QED) is 0.834. The first-order valence-electron chi connectivity index (χ1n) is 6.28. The van der Waals surface area contributed by atoms with Crippen LogP contribution >= 0.6 is 0 Å². The molecule has 2 nitrogen and oxygen atoms in total. The van der Waals surface area contributed by atoms with Crippen molar-refractivity contribution >= 4 is 5.91 Å². The Kier molecular flexibility index (Phi) is 4.13. The SMILES string of the molecule is CC(c1ccc(F)c(F)c1)N(C)C(=O)c1ccccc1. The number of amides is 1. The van der Waals surface area contributed by atoms with Crippen LogP contribution in [0.4, 0.5) is 8.78 Å². The van der Waals surface area contributed by atoms with E-state index in [1.807, 2.05) is 6.07 Å². The predicted octanol–water partition coefficient (Wildman–Crippen LogP) is 3.80. The highest BCUT2D eigenvalue weighted by molar-refractivity contribution is 5.94. The monoisotopic (exact) mass is 275 g/mol. The van der Waals surface area contributed by atoms with Crippen molar-refractivity contribution in [3.63, 3.8) is 0 Å². The molecule has 0 aliphatic carbocycles. The molecule has 0 fully saturated rings. The Labute approximate surface area is 116 Å². The predicted molar refractivity (Wildman–Crippen MR) is 73.3 cm³/mol. The van der Waals surface area contributed by atoms with E-state index in [0.29, 0.717) is 11.1 Å². The average Bonchev–Trinajstić information content (AvgIpc) is 2.48. The lowest BCUT2D eigenvalue weighted by Gasteiger charge is -2.25. The summed E-state index contributed by atoms with van der Waals surface area (Å²) in [6.07, 6.45) is 0. The van der Waals surface area contributed by atoms with E-state index in [1.165, 1.54) is 11.0 Å². The molecule has 0 heterocycles. The lowest BCUT2D eigenvalue weighted by Crippen LogP contribution is -2.29. The molecule has 0 radical (unpaired) electrons. The maximum absolute atomic E-state index is 13.2. The first-order valence-corrected chi connectivity index (χ1v) is 6.28. The third-order valence-electron chi connectivity index (χ3n) is 3.35. The number of benzene rings is 2. The summed E-state index contributed by atoms with van der Waals surface area (Å²) in [7, 11) is 1.64. The highest BCUT2D eigenvalue weighted by Crippen LogP contribution is 2.22. The maximum Gasteiger partial charge on any atom is 0.254 e. The Hall–Kier alpha value is -2.23. The second-order valence-electron chi connectivity index (χ2n) is 4.63. The van der Waals surface area contributed by atoms with Crippen molar-refractivity contribution in [2.75, 3.05) is 7.05 Å². The second-order valence-corrected chi connectivity index (χ2v) is 4.63. The van der Waals surface area contributed by atoms with Gasteiger partial charge in [-0.25, -0.2) is 8.78 Å². The largest absolute Gasteiger partial charge is 0.335 e. The van der Waals surface area contributed by atoms with Crippen molar-refractivity contribution in [3.05, 3.63) is 71.3 Å². The zero-order valence-electron chi connectivity index (χ0n) is 11.3. The van der Waals surface area contributed by atoms with E-state index in [-0.39, 0.29) is 11.9 Å². The third-order valence-corrected chi connectivity index (χ3v) is 3.35. The second kappa shape index (κ2) is 5.82. The summed E-state index contributed by atoms with van der Waals surface area (Å²) in [6, 6.07) is 12.2. The molecule has 1 atom stereocenters. The molecule has 0 aromatic heterocycles. The van der Waals surface area contributed by atoms with Gasteiger partial charge in [0.2, 0.25) is 0 Å². The Bertz CT molecular complexity index is 613. The van der Waals surface area contributed by atoms with Crippen LogP contribution < -0.4 is 0 Å². The van der Waals surface area contributed by atoms with Gasteiger partial charge in [0.25, 0.3) is 5.91 Å². The van der Waals surface area contributed by atoms with Crippen LogP contribution in [0.1, 0.15) is 28.9 Å². The molecule has 2 aromatic rings. The minimum atomic E-state index is -0.907. The van der Waals surface area contributed by atoms with E-state index in [1.54, 1.807) is 38.2 Å².